The molecule has 1 aliphatic rings. The number of aryl methyl sites for hydroxylation is 1. The van der Waals surface area contributed by atoms with E-state index >= 15 is 0 Å². The Kier molecular flexibility index (Phi) is 4.08. The van der Waals surface area contributed by atoms with Gasteiger partial charge < -0.3 is 4.57 Å². The molecule has 0 atom stereocenters. The molecule has 1 heterocycles. The normalized spacial score (nSPS) is 14.4. The van der Waals surface area contributed by atoms with Gasteiger partial charge in [-0.25, -0.2) is 8.78 Å². The van der Waals surface area contributed by atoms with Crippen LogP contribution in [0.15, 0.2) is 29.2 Å². The van der Waals surface area contributed by atoms with E-state index in [1.807, 2.05) is 19.9 Å². The van der Waals surface area contributed by atoms with Crippen LogP contribution in [0.5, 0.6) is 0 Å². The lowest BCUT2D eigenvalue weighted by atomic mass is 10.2. The third kappa shape index (κ3) is 2.95. The molecule has 22 heavy (non-hydrogen) atoms. The first-order chi connectivity index (χ1) is 10.5. The van der Waals surface area contributed by atoms with Crippen molar-refractivity contribution in [2.75, 3.05) is 5.75 Å². The van der Waals surface area contributed by atoms with Crippen LogP contribution in [0.4, 0.5) is 8.78 Å². The molecule has 5 heteroatoms. The minimum Gasteiger partial charge on any atom is -0.345 e. The van der Waals surface area contributed by atoms with Gasteiger partial charge in [-0.3, -0.25) is 4.79 Å². The Morgan fingerprint density at radius 2 is 2.00 bits per heavy atom. The number of aromatic nitrogens is 1. The zero-order valence-corrected chi connectivity index (χ0v) is 13.3. The summed E-state index contributed by atoms with van der Waals surface area (Å²) in [4.78, 5) is 12.7. The van der Waals surface area contributed by atoms with Crippen LogP contribution in [0.3, 0.4) is 0 Å². The third-order valence-corrected chi connectivity index (χ3v) is 5.00. The number of carbonyl (C=O) groups is 1. The summed E-state index contributed by atoms with van der Waals surface area (Å²) in [6.07, 6.45) is 2.33. The third-order valence-electron chi connectivity index (χ3n) is 3.95. The Balaban J connectivity index is 1.73. The van der Waals surface area contributed by atoms with Gasteiger partial charge in [0.1, 0.15) is 11.6 Å². The molecule has 2 aromatic rings. The van der Waals surface area contributed by atoms with Crippen molar-refractivity contribution in [1.82, 2.24) is 4.57 Å². The molecule has 1 saturated carbocycles. The number of hydrogen-bond donors (Lipinski definition) is 0. The fourth-order valence-corrected chi connectivity index (χ4v) is 3.57. The van der Waals surface area contributed by atoms with Crippen molar-refractivity contribution in [3.8, 4) is 0 Å². The van der Waals surface area contributed by atoms with Gasteiger partial charge in [0, 0.05) is 34.0 Å². The van der Waals surface area contributed by atoms with Gasteiger partial charge in [0.15, 0.2) is 5.78 Å². The van der Waals surface area contributed by atoms with Crippen molar-refractivity contribution in [3.63, 3.8) is 0 Å². The Morgan fingerprint density at radius 1 is 1.27 bits per heavy atom. The number of ketones is 1. The Morgan fingerprint density at radius 3 is 2.64 bits per heavy atom. The van der Waals surface area contributed by atoms with Crippen LogP contribution in [0.2, 0.25) is 0 Å². The lowest BCUT2D eigenvalue weighted by Gasteiger charge is -2.07. The molecule has 0 bridgehead atoms. The summed E-state index contributed by atoms with van der Waals surface area (Å²) in [5.41, 5.74) is 2.80. The van der Waals surface area contributed by atoms with Crippen molar-refractivity contribution in [3.05, 3.63) is 52.9 Å². The summed E-state index contributed by atoms with van der Waals surface area (Å²) in [5.74, 6) is -1.10. The van der Waals surface area contributed by atoms with Crippen LogP contribution in [-0.4, -0.2) is 16.1 Å². The molecule has 1 aromatic carbocycles. The fraction of sp³-hybridized carbons (Fsp3) is 0.353. The van der Waals surface area contributed by atoms with Crippen molar-refractivity contribution in [2.45, 2.75) is 37.6 Å². The van der Waals surface area contributed by atoms with Gasteiger partial charge in [-0.1, -0.05) is 0 Å². The van der Waals surface area contributed by atoms with Crippen LogP contribution < -0.4 is 0 Å². The van der Waals surface area contributed by atoms with Gasteiger partial charge in [0.2, 0.25) is 0 Å². The van der Waals surface area contributed by atoms with Crippen molar-refractivity contribution in [2.24, 2.45) is 0 Å². The number of nitrogens with zero attached hydrogens (tertiary/aromatic N) is 1. The molecule has 1 aromatic heterocycles. The van der Waals surface area contributed by atoms with Crippen LogP contribution in [0.25, 0.3) is 0 Å². The van der Waals surface area contributed by atoms with Crippen LogP contribution in [-0.2, 0) is 0 Å². The highest BCUT2D eigenvalue weighted by molar-refractivity contribution is 8.00. The second-order valence-corrected chi connectivity index (χ2v) is 6.69. The first-order valence-electron chi connectivity index (χ1n) is 7.27. The van der Waals surface area contributed by atoms with Gasteiger partial charge in [0.05, 0.1) is 5.75 Å². The van der Waals surface area contributed by atoms with Gasteiger partial charge in [-0.2, -0.15) is 0 Å². The monoisotopic (exact) mass is 321 g/mol. The Hall–Kier alpha value is -1.62. The second-order valence-electron chi connectivity index (χ2n) is 5.67. The largest absolute Gasteiger partial charge is 0.345 e. The smallest absolute Gasteiger partial charge is 0.174 e. The van der Waals surface area contributed by atoms with Crippen molar-refractivity contribution < 1.29 is 13.6 Å². The highest BCUT2D eigenvalue weighted by atomic mass is 32.2. The van der Waals surface area contributed by atoms with E-state index in [9.17, 15) is 13.6 Å². The van der Waals surface area contributed by atoms with Crippen LogP contribution in [0.1, 0.15) is 40.6 Å². The maximum Gasteiger partial charge on any atom is 0.174 e. The predicted molar refractivity (Wildman–Crippen MR) is 83.6 cm³/mol. The van der Waals surface area contributed by atoms with E-state index in [2.05, 4.69) is 4.57 Å². The number of benzene rings is 1. The molecule has 0 saturated heterocycles. The molecule has 0 aliphatic heterocycles. The quantitative estimate of drug-likeness (QED) is 0.588. The summed E-state index contributed by atoms with van der Waals surface area (Å²) in [7, 11) is 0. The van der Waals surface area contributed by atoms with E-state index in [0.717, 1.165) is 29.2 Å². The average molecular weight is 321 g/mol. The topological polar surface area (TPSA) is 22.0 Å². The summed E-state index contributed by atoms with van der Waals surface area (Å²) in [6, 6.07) is 5.86. The maximum absolute atomic E-state index is 13.6. The van der Waals surface area contributed by atoms with Gasteiger partial charge in [0.25, 0.3) is 0 Å². The molecule has 0 N–H and O–H groups in total. The molecular weight excluding hydrogens is 304 g/mol. The number of halogens is 2. The molecule has 0 spiro atoms. The maximum atomic E-state index is 13.6. The molecule has 1 fully saturated rings. The lowest BCUT2D eigenvalue weighted by molar-refractivity contribution is 0.102. The van der Waals surface area contributed by atoms with E-state index in [-0.39, 0.29) is 11.5 Å². The number of Topliss-reactive ketones (excluding diaryl/α,β-unsaturated/α-hetero) is 1. The standard InChI is InChI=1S/C17H17F2NOS/c1-10-7-14(11(2)20(10)13-4-5-13)16(21)9-22-17-6-3-12(18)8-15(17)19/h3,6-8,13H,4-5,9H2,1-2H3. The van der Waals surface area contributed by atoms with E-state index in [1.54, 1.807) is 0 Å². The van der Waals surface area contributed by atoms with Gasteiger partial charge >= 0.3 is 0 Å². The zero-order valence-electron chi connectivity index (χ0n) is 12.5. The Labute approximate surface area is 132 Å². The van der Waals surface area contributed by atoms with Crippen molar-refractivity contribution in [1.29, 1.82) is 0 Å². The molecular formula is C17H17F2NOS. The average Bonchev–Trinajstić information content (AvgIpc) is 3.24. The molecule has 0 radical (unpaired) electrons. The molecule has 1 aliphatic carbocycles. The SMILES string of the molecule is Cc1cc(C(=O)CSc2ccc(F)cc2F)c(C)n1C1CC1. The summed E-state index contributed by atoms with van der Waals surface area (Å²) in [5, 5.41) is 0. The minimum absolute atomic E-state index is 0.0197. The highest BCUT2D eigenvalue weighted by Crippen LogP contribution is 2.38. The van der Waals surface area contributed by atoms with Crippen molar-refractivity contribution >= 4 is 17.5 Å². The zero-order chi connectivity index (χ0) is 15.9. The fourth-order valence-electron chi connectivity index (χ4n) is 2.77. The van der Waals surface area contributed by atoms with E-state index in [4.69, 9.17) is 0 Å². The second kappa shape index (κ2) is 5.88. The number of rotatable bonds is 5. The first-order valence-corrected chi connectivity index (χ1v) is 8.25. The molecule has 116 valence electrons. The van der Waals surface area contributed by atoms with E-state index in [0.29, 0.717) is 16.5 Å². The lowest BCUT2D eigenvalue weighted by Crippen LogP contribution is -2.06. The Bertz CT molecular complexity index is 735. The molecule has 2 nitrogen and oxygen atoms in total. The number of carbonyl (C=O) groups excluding carboxylic acids is 1. The predicted octanol–water partition coefficient (Wildman–Crippen LogP) is 4.69. The molecule has 0 amide bonds. The van der Waals surface area contributed by atoms with E-state index < -0.39 is 11.6 Å². The van der Waals surface area contributed by atoms with Crippen LogP contribution in [0, 0.1) is 25.5 Å². The van der Waals surface area contributed by atoms with Gasteiger partial charge in [-0.05, 0) is 44.9 Å². The highest BCUT2D eigenvalue weighted by Gasteiger charge is 2.28. The molecule has 0 unspecified atom stereocenters. The van der Waals surface area contributed by atoms with Gasteiger partial charge in [-0.15, -0.1) is 11.8 Å². The van der Waals surface area contributed by atoms with Crippen LogP contribution >= 0.6 is 11.8 Å². The minimum atomic E-state index is -0.624. The number of hydrogen-bond acceptors (Lipinski definition) is 2. The summed E-state index contributed by atoms with van der Waals surface area (Å²) < 4.78 is 28.7. The number of thioether (sulfide) groups is 1. The summed E-state index contributed by atoms with van der Waals surface area (Å²) in [6.45, 7) is 3.97. The van der Waals surface area contributed by atoms with E-state index in [1.165, 1.54) is 25.0 Å². The summed E-state index contributed by atoms with van der Waals surface area (Å²) >= 11 is 1.11. The molecule has 3 rings (SSSR count). The first kappa shape index (κ1) is 15.3.